The van der Waals surface area contributed by atoms with Crippen molar-refractivity contribution in [3.8, 4) is 6.07 Å². The molecule has 0 bridgehead atoms. The van der Waals surface area contributed by atoms with E-state index >= 15 is 0 Å². The normalized spacial score (nSPS) is 15.8. The maximum absolute atomic E-state index is 14.3. The molecule has 29 nitrogen and oxygen atoms in total. The molecule has 77 heavy (non-hydrogen) atoms. The van der Waals surface area contributed by atoms with E-state index in [0.717, 1.165) is 0 Å². The lowest BCUT2D eigenvalue weighted by Gasteiger charge is -2.28. The van der Waals surface area contributed by atoms with Gasteiger partial charge in [-0.3, -0.25) is 43.8 Å². The van der Waals surface area contributed by atoms with Crippen molar-refractivity contribution in [3.05, 3.63) is 47.2 Å². The number of carboxylic acids is 1. The van der Waals surface area contributed by atoms with Gasteiger partial charge in [0.2, 0.25) is 35.4 Å². The van der Waals surface area contributed by atoms with Crippen molar-refractivity contribution in [2.75, 3.05) is 52.4 Å². The van der Waals surface area contributed by atoms with Crippen molar-refractivity contribution >= 4 is 64.9 Å². The number of likely N-dealkylation sites (tertiary alicyclic amines) is 1. The number of guanidine groups is 1. The number of unbranched alkanes of at least 4 members (excludes halogenated alkanes) is 2. The van der Waals surface area contributed by atoms with Gasteiger partial charge in [-0.25, -0.2) is 9.79 Å². The fourth-order valence-electron chi connectivity index (χ4n) is 7.77. The number of hydrogen-bond acceptors (Lipinski definition) is 18. The lowest BCUT2D eigenvalue weighted by molar-refractivity contribution is -0.137. The molecule has 1 aliphatic rings. The van der Waals surface area contributed by atoms with Crippen molar-refractivity contribution in [3.63, 3.8) is 0 Å². The van der Waals surface area contributed by atoms with Gasteiger partial charge in [-0.2, -0.15) is 5.26 Å². The number of benzene rings is 1. The highest BCUT2D eigenvalue weighted by Gasteiger charge is 2.39. The highest BCUT2D eigenvalue weighted by atomic mass is 16.4. The Morgan fingerprint density at radius 2 is 1.42 bits per heavy atom. The van der Waals surface area contributed by atoms with Gasteiger partial charge >= 0.3 is 5.97 Å². The molecule has 0 spiro atoms. The maximum atomic E-state index is 14.3. The third-order valence-corrected chi connectivity index (χ3v) is 12.0. The second-order valence-electron chi connectivity index (χ2n) is 18.0. The van der Waals surface area contributed by atoms with Crippen LogP contribution in [0.1, 0.15) is 88.2 Å². The van der Waals surface area contributed by atoms with Crippen LogP contribution < -0.4 is 77.4 Å². The Morgan fingerprint density at radius 1 is 0.779 bits per heavy atom. The first-order chi connectivity index (χ1) is 36.7. The van der Waals surface area contributed by atoms with E-state index in [1.54, 1.807) is 12.1 Å². The van der Waals surface area contributed by atoms with Crippen molar-refractivity contribution in [2.45, 2.75) is 126 Å². The van der Waals surface area contributed by atoms with Gasteiger partial charge in [-0.05, 0) is 115 Å². The first-order valence-electron chi connectivity index (χ1n) is 25.4. The summed E-state index contributed by atoms with van der Waals surface area (Å²) in [5.74, 6) is -8.78. The minimum Gasteiger partial charge on any atom is -0.477 e. The molecule has 1 heterocycles. The summed E-state index contributed by atoms with van der Waals surface area (Å²) in [5, 5.41) is 54.3. The number of hydrogen-bond donors (Lipinski definition) is 17. The number of nitrogens with zero attached hydrogens (tertiary/aromatic N) is 3. The third-order valence-electron chi connectivity index (χ3n) is 12.0. The van der Waals surface area contributed by atoms with Crippen LogP contribution in [0.3, 0.4) is 0 Å². The second-order valence-corrected chi connectivity index (χ2v) is 18.0. The minimum atomic E-state index is -1.62. The number of amides is 8. The van der Waals surface area contributed by atoms with Gasteiger partial charge in [0.05, 0.1) is 30.3 Å². The summed E-state index contributed by atoms with van der Waals surface area (Å²) in [6.07, 6.45) is 2.03. The number of nitrogens with one attached hydrogen (secondary N) is 8. The molecule has 1 fully saturated rings. The van der Waals surface area contributed by atoms with E-state index in [0.29, 0.717) is 49.8 Å². The summed E-state index contributed by atoms with van der Waals surface area (Å²) in [6, 6.07) is 0.180. The molecular formula is C48H78N18O11. The Bertz CT molecular complexity index is 2280. The zero-order valence-electron chi connectivity index (χ0n) is 43.2. The van der Waals surface area contributed by atoms with E-state index in [1.807, 2.05) is 6.07 Å². The maximum Gasteiger partial charge on any atom is 0.352 e. The molecule has 2 rings (SSSR count). The van der Waals surface area contributed by atoms with Gasteiger partial charge in [-0.15, -0.1) is 0 Å². The van der Waals surface area contributed by atoms with Gasteiger partial charge in [0.15, 0.2) is 5.96 Å². The number of carboxylic acid groups (broad SMARTS) is 1. The van der Waals surface area contributed by atoms with Crippen molar-refractivity contribution in [1.82, 2.24) is 42.1 Å². The van der Waals surface area contributed by atoms with Crippen LogP contribution in [0.15, 0.2) is 41.0 Å². The summed E-state index contributed by atoms with van der Waals surface area (Å²) in [4.78, 5) is 126. The van der Waals surface area contributed by atoms with E-state index < -0.39 is 114 Å². The number of aliphatic carboxylic acids is 1. The summed E-state index contributed by atoms with van der Waals surface area (Å²) < 4.78 is 0. The van der Waals surface area contributed by atoms with Gasteiger partial charge in [0.25, 0.3) is 11.8 Å². The molecule has 7 atom stereocenters. The number of carbonyl (C=O) groups excluding carboxylic acids is 8. The van der Waals surface area contributed by atoms with Gasteiger partial charge < -0.3 is 92.5 Å². The van der Waals surface area contributed by atoms with Crippen molar-refractivity contribution < 1.29 is 53.4 Å². The Labute approximate surface area is 446 Å². The predicted molar refractivity (Wildman–Crippen MR) is 282 cm³/mol. The molecule has 0 aromatic heterocycles. The Hall–Kier alpha value is -7.46. The molecule has 1 aromatic carbocycles. The monoisotopic (exact) mass is 1080 g/mol. The topological polar surface area (TPSA) is 524 Å². The lowest BCUT2D eigenvalue weighted by Crippen LogP contribution is -2.61. The van der Waals surface area contributed by atoms with E-state index in [1.165, 1.54) is 23.1 Å². The quantitative estimate of drug-likeness (QED) is 0.0130. The first kappa shape index (κ1) is 65.7. The average molecular weight is 1080 g/mol. The van der Waals surface area contributed by atoms with Crippen LogP contribution in [0.25, 0.3) is 0 Å². The smallest absolute Gasteiger partial charge is 0.352 e. The molecule has 1 saturated heterocycles. The Kier molecular flexibility index (Phi) is 30.5. The largest absolute Gasteiger partial charge is 0.477 e. The number of rotatable bonds is 35. The number of aliphatic hydroxyl groups excluding tert-OH is 1. The third kappa shape index (κ3) is 23.5. The molecule has 0 saturated carbocycles. The molecule has 8 amide bonds. The zero-order valence-corrected chi connectivity index (χ0v) is 43.2. The first-order valence-corrected chi connectivity index (χ1v) is 25.4. The number of nitriles is 1. The number of carbonyl (C=O) groups is 9. The van der Waals surface area contributed by atoms with Crippen LogP contribution in [0, 0.1) is 16.7 Å². The second kappa shape index (κ2) is 35.7. The van der Waals surface area contributed by atoms with Gasteiger partial charge in [0.1, 0.15) is 41.6 Å². The van der Waals surface area contributed by atoms with Crippen LogP contribution >= 0.6 is 0 Å². The fourth-order valence-corrected chi connectivity index (χ4v) is 7.77. The van der Waals surface area contributed by atoms with E-state index in [-0.39, 0.29) is 95.8 Å². The van der Waals surface area contributed by atoms with E-state index in [9.17, 15) is 58.6 Å². The van der Waals surface area contributed by atoms with Crippen LogP contribution in [0.5, 0.6) is 0 Å². The molecule has 426 valence electrons. The van der Waals surface area contributed by atoms with Crippen LogP contribution in [0.2, 0.25) is 0 Å². The SMILES string of the molecule is N#Cc1ccc(C[C@H](NC(=O)[C@@H]2CCCN2C(=O)/C(CCCN)=N/C(=O)CNC(=O)[C@H](CCN)NC(=O)[C@@H](NC(=O)[C@@H](N)CCCCN)[C@@H](O)CN)C(=O)N[C@@H](CCCCN)C(=O)N/C(=C\CCNC(=N)N)C(=O)O)cc1. The molecule has 29 heteroatoms. The molecule has 24 N–H and O–H groups in total. The molecule has 0 radical (unpaired) electrons. The molecular weight excluding hydrogens is 1000 g/mol. The van der Waals surface area contributed by atoms with Crippen molar-refractivity contribution in [1.29, 1.82) is 10.7 Å². The van der Waals surface area contributed by atoms with Crippen molar-refractivity contribution in [2.24, 2.45) is 45.1 Å². The highest BCUT2D eigenvalue weighted by molar-refractivity contribution is 6.40. The van der Waals surface area contributed by atoms with Gasteiger partial charge in [-0.1, -0.05) is 24.6 Å². The Morgan fingerprint density at radius 3 is 2.01 bits per heavy atom. The van der Waals surface area contributed by atoms with E-state index in [4.69, 9.17) is 45.5 Å². The minimum absolute atomic E-state index is 0.0163. The van der Waals surface area contributed by atoms with Gasteiger partial charge in [0, 0.05) is 26.1 Å². The molecule has 1 aliphatic heterocycles. The molecule has 0 aliphatic carbocycles. The van der Waals surface area contributed by atoms with Crippen LogP contribution in [-0.2, 0) is 49.6 Å². The standard InChI is InChI=1S/C48H78N18O11/c49-18-3-1-8-30(55)40(69)65-39(37(67)26-54)45(74)62-32(17-21-52)41(70)59-27-38(68)60-33(10-5-20-51)46(75)66-23-7-12-36(66)44(73)64-35(24-28-13-15-29(25-53)16-14-28)43(72)61-31(9-2-4-19-50)42(71)63-34(47(76)77)11-6-22-58-48(56)57/h11,13-16,30-32,35-37,39,67H,1-10,12,17-24,26-27,49-52,54-55H2,(H,59,70)(H,61,72)(H,62,74)(H,63,71)(H,64,73)(H,65,69)(H,76,77)(H4,56,57,58)/b34-11-,60-33+/t30-,31-,32-,35-,36-,37-,39-/m0/s1. The summed E-state index contributed by atoms with van der Waals surface area (Å²) in [6.45, 7) is -0.518. The fraction of sp³-hybridized carbons (Fsp3) is 0.583. The summed E-state index contributed by atoms with van der Waals surface area (Å²) in [7, 11) is 0. The van der Waals surface area contributed by atoms with E-state index in [2.05, 4.69) is 42.2 Å². The predicted octanol–water partition coefficient (Wildman–Crippen LogP) is -5.93. The van der Waals surface area contributed by atoms with Crippen LogP contribution in [-0.4, -0.2) is 175 Å². The number of nitrogens with two attached hydrogens (primary N) is 7. The molecule has 0 unspecified atom stereocenters. The summed E-state index contributed by atoms with van der Waals surface area (Å²) >= 11 is 0. The van der Waals surface area contributed by atoms with Crippen LogP contribution in [0.4, 0.5) is 0 Å². The Balaban J connectivity index is 2.36. The summed E-state index contributed by atoms with van der Waals surface area (Å²) in [5.41, 5.74) is 39.5. The molecule has 1 aromatic rings. The zero-order chi connectivity index (χ0) is 57.5. The lowest BCUT2D eigenvalue weighted by atomic mass is 10.0. The number of aliphatic imine (C=N–C) groups is 1. The number of aliphatic hydroxyl groups is 1. The highest BCUT2D eigenvalue weighted by Crippen LogP contribution is 2.20. The average Bonchev–Trinajstić information content (AvgIpc) is 3.91.